The lowest BCUT2D eigenvalue weighted by Crippen LogP contribution is -2.53. The maximum Gasteiger partial charge on any atom is 0.226 e. The van der Waals surface area contributed by atoms with Gasteiger partial charge in [-0.1, -0.05) is 11.6 Å². The average molecular weight is 391 g/mol. The summed E-state index contributed by atoms with van der Waals surface area (Å²) in [7, 11) is 1.55. The fourth-order valence-electron chi connectivity index (χ4n) is 5.86. The van der Waals surface area contributed by atoms with Crippen LogP contribution in [0.3, 0.4) is 0 Å². The van der Waals surface area contributed by atoms with E-state index < -0.39 is 0 Å². The number of methoxy groups -OCH3 is 1. The zero-order valence-electron chi connectivity index (χ0n) is 15.7. The van der Waals surface area contributed by atoms with E-state index in [1.165, 1.54) is 19.3 Å². The van der Waals surface area contributed by atoms with E-state index >= 15 is 0 Å². The van der Waals surface area contributed by atoms with Gasteiger partial charge < -0.3 is 15.4 Å². The number of benzene rings is 1. The second-order valence-electron chi connectivity index (χ2n) is 8.60. The van der Waals surface area contributed by atoms with Crippen molar-refractivity contribution >= 4 is 29.1 Å². The van der Waals surface area contributed by atoms with Gasteiger partial charge in [-0.3, -0.25) is 9.59 Å². The first-order valence-electron chi connectivity index (χ1n) is 9.89. The maximum absolute atomic E-state index is 12.9. The summed E-state index contributed by atoms with van der Waals surface area (Å²) < 4.78 is 5.24. The van der Waals surface area contributed by atoms with Crippen molar-refractivity contribution in [3.63, 3.8) is 0 Å². The van der Waals surface area contributed by atoms with Gasteiger partial charge >= 0.3 is 0 Å². The van der Waals surface area contributed by atoms with Gasteiger partial charge in [0.15, 0.2) is 0 Å². The molecule has 5 rings (SSSR count). The highest BCUT2D eigenvalue weighted by Gasteiger charge is 2.54. The SMILES string of the molecule is COc1ccc(Cl)cc1NC(=O)CCNC(=O)C12CC3CC(CC(C3)C1)C2. The number of amides is 2. The first-order valence-corrected chi connectivity index (χ1v) is 10.3. The van der Waals surface area contributed by atoms with E-state index in [4.69, 9.17) is 16.3 Å². The fraction of sp³-hybridized carbons (Fsp3) is 0.619. The molecular formula is C21H27ClN2O3. The second-order valence-corrected chi connectivity index (χ2v) is 9.03. The third kappa shape index (κ3) is 3.79. The third-order valence-corrected chi connectivity index (χ3v) is 6.83. The smallest absolute Gasteiger partial charge is 0.226 e. The summed E-state index contributed by atoms with van der Waals surface area (Å²) in [6.45, 7) is 0.356. The van der Waals surface area contributed by atoms with Gasteiger partial charge in [0.2, 0.25) is 11.8 Å². The molecule has 0 heterocycles. The topological polar surface area (TPSA) is 67.4 Å². The minimum absolute atomic E-state index is 0.162. The maximum atomic E-state index is 12.9. The summed E-state index contributed by atoms with van der Waals surface area (Å²) in [5, 5.41) is 6.38. The molecule has 0 spiro atoms. The Morgan fingerprint density at radius 3 is 2.37 bits per heavy atom. The molecule has 0 aliphatic heterocycles. The Hall–Kier alpha value is -1.75. The van der Waals surface area contributed by atoms with Gasteiger partial charge in [0, 0.05) is 23.4 Å². The van der Waals surface area contributed by atoms with Crippen LogP contribution in [0.4, 0.5) is 5.69 Å². The largest absolute Gasteiger partial charge is 0.495 e. The van der Waals surface area contributed by atoms with E-state index in [-0.39, 0.29) is 23.7 Å². The Labute approximate surface area is 165 Å². The van der Waals surface area contributed by atoms with Gasteiger partial charge in [-0.2, -0.15) is 0 Å². The number of hydrogen-bond acceptors (Lipinski definition) is 3. The van der Waals surface area contributed by atoms with Gasteiger partial charge in [-0.05, 0) is 74.5 Å². The minimum atomic E-state index is -0.165. The second kappa shape index (κ2) is 7.34. The molecule has 27 heavy (non-hydrogen) atoms. The van der Waals surface area contributed by atoms with Gasteiger partial charge in [0.05, 0.1) is 12.8 Å². The lowest BCUT2D eigenvalue weighted by atomic mass is 9.49. The Bertz CT molecular complexity index is 714. The van der Waals surface area contributed by atoms with Crippen LogP contribution in [-0.2, 0) is 9.59 Å². The molecule has 146 valence electrons. The molecule has 0 atom stereocenters. The summed E-state index contributed by atoms with van der Waals surface area (Å²) in [5.41, 5.74) is 0.379. The van der Waals surface area contributed by atoms with Crippen LogP contribution in [0.1, 0.15) is 44.9 Å². The number of nitrogens with one attached hydrogen (secondary N) is 2. The zero-order chi connectivity index (χ0) is 19.0. The van der Waals surface area contributed by atoms with Crippen LogP contribution in [-0.4, -0.2) is 25.5 Å². The molecule has 4 bridgehead atoms. The van der Waals surface area contributed by atoms with Gasteiger partial charge in [0.1, 0.15) is 5.75 Å². The molecule has 4 fully saturated rings. The number of rotatable bonds is 6. The number of carbonyl (C=O) groups is 2. The highest BCUT2D eigenvalue weighted by Crippen LogP contribution is 2.60. The average Bonchev–Trinajstić information content (AvgIpc) is 2.60. The van der Waals surface area contributed by atoms with Gasteiger partial charge in [-0.15, -0.1) is 0 Å². The zero-order valence-corrected chi connectivity index (χ0v) is 16.5. The standard InChI is InChI=1S/C21H27ClN2O3/c1-27-18-3-2-16(22)9-17(18)24-19(25)4-5-23-20(26)21-10-13-6-14(11-21)8-15(7-13)12-21/h2-3,9,13-15H,4-8,10-12H2,1H3,(H,23,26)(H,24,25). The summed E-state index contributed by atoms with van der Waals surface area (Å²) in [5.74, 6) is 2.77. The molecule has 6 heteroatoms. The highest BCUT2D eigenvalue weighted by molar-refractivity contribution is 6.31. The Kier molecular flexibility index (Phi) is 5.06. The fourth-order valence-corrected chi connectivity index (χ4v) is 6.03. The number of anilines is 1. The van der Waals surface area contributed by atoms with Crippen molar-refractivity contribution in [2.45, 2.75) is 44.9 Å². The molecular weight excluding hydrogens is 364 g/mol. The molecule has 0 unspecified atom stereocenters. The van der Waals surface area contributed by atoms with Crippen molar-refractivity contribution in [1.82, 2.24) is 5.32 Å². The first kappa shape index (κ1) is 18.6. The molecule has 2 N–H and O–H groups in total. The van der Waals surface area contributed by atoms with E-state index in [1.54, 1.807) is 25.3 Å². The molecule has 1 aromatic carbocycles. The summed E-state index contributed by atoms with van der Waals surface area (Å²) in [6.07, 6.45) is 7.29. The van der Waals surface area contributed by atoms with Crippen LogP contribution < -0.4 is 15.4 Å². The lowest BCUT2D eigenvalue weighted by Gasteiger charge is -2.55. The van der Waals surface area contributed by atoms with E-state index in [2.05, 4.69) is 10.6 Å². The first-order chi connectivity index (χ1) is 13.0. The Balaban J connectivity index is 1.29. The highest BCUT2D eigenvalue weighted by atomic mass is 35.5. The van der Waals surface area contributed by atoms with Crippen molar-refractivity contribution < 1.29 is 14.3 Å². The lowest BCUT2D eigenvalue weighted by molar-refractivity contribution is -0.146. The normalized spacial score (nSPS) is 30.8. The predicted molar refractivity (Wildman–Crippen MR) is 105 cm³/mol. The number of carbonyl (C=O) groups excluding carboxylic acids is 2. The van der Waals surface area contributed by atoms with Crippen molar-refractivity contribution in [3.05, 3.63) is 23.2 Å². The van der Waals surface area contributed by atoms with E-state index in [1.807, 2.05) is 0 Å². The Morgan fingerprint density at radius 2 is 1.78 bits per heavy atom. The molecule has 0 saturated heterocycles. The van der Waals surface area contributed by atoms with Gasteiger partial charge in [0.25, 0.3) is 0 Å². The van der Waals surface area contributed by atoms with Crippen LogP contribution in [0.15, 0.2) is 18.2 Å². The van der Waals surface area contributed by atoms with Crippen LogP contribution >= 0.6 is 11.6 Å². The van der Waals surface area contributed by atoms with Crippen molar-refractivity contribution in [2.24, 2.45) is 23.2 Å². The molecule has 4 aliphatic carbocycles. The molecule has 4 aliphatic rings. The minimum Gasteiger partial charge on any atom is -0.495 e. The molecule has 1 aromatic rings. The van der Waals surface area contributed by atoms with Crippen molar-refractivity contribution in [3.8, 4) is 5.75 Å². The van der Waals surface area contributed by atoms with Crippen molar-refractivity contribution in [2.75, 3.05) is 19.0 Å². The van der Waals surface area contributed by atoms with Crippen molar-refractivity contribution in [1.29, 1.82) is 0 Å². The quantitative estimate of drug-likeness (QED) is 0.771. The van der Waals surface area contributed by atoms with E-state index in [0.717, 1.165) is 37.0 Å². The third-order valence-electron chi connectivity index (χ3n) is 6.59. The summed E-state index contributed by atoms with van der Waals surface area (Å²) in [4.78, 5) is 25.2. The summed E-state index contributed by atoms with van der Waals surface area (Å²) in [6, 6.07) is 5.08. The molecule has 5 nitrogen and oxygen atoms in total. The Morgan fingerprint density at radius 1 is 1.15 bits per heavy atom. The molecule has 4 saturated carbocycles. The van der Waals surface area contributed by atoms with E-state index in [0.29, 0.717) is 23.0 Å². The van der Waals surface area contributed by atoms with Gasteiger partial charge in [-0.25, -0.2) is 0 Å². The molecule has 0 aromatic heterocycles. The number of hydrogen-bond donors (Lipinski definition) is 2. The number of ether oxygens (including phenoxy) is 1. The van der Waals surface area contributed by atoms with Crippen LogP contribution in [0.5, 0.6) is 5.75 Å². The molecule has 0 radical (unpaired) electrons. The van der Waals surface area contributed by atoms with Crippen LogP contribution in [0, 0.1) is 23.2 Å². The molecule has 2 amide bonds. The summed E-state index contributed by atoms with van der Waals surface area (Å²) >= 11 is 5.99. The van der Waals surface area contributed by atoms with E-state index in [9.17, 15) is 9.59 Å². The van der Waals surface area contributed by atoms with Crippen LogP contribution in [0.25, 0.3) is 0 Å². The number of halogens is 1. The van der Waals surface area contributed by atoms with Crippen LogP contribution in [0.2, 0.25) is 5.02 Å². The monoisotopic (exact) mass is 390 g/mol. The predicted octanol–water partition coefficient (Wildman–Crippen LogP) is 4.01.